The third-order valence-electron chi connectivity index (χ3n) is 10.1. The summed E-state index contributed by atoms with van der Waals surface area (Å²) in [6, 6.07) is -1.06. The van der Waals surface area contributed by atoms with Crippen molar-refractivity contribution in [2.24, 2.45) is 5.73 Å². The number of aliphatic hydroxyl groups excluding tert-OH is 7. The Morgan fingerprint density at radius 2 is 1.41 bits per heavy atom. The van der Waals surface area contributed by atoms with Gasteiger partial charge in [-0.3, -0.25) is 14.4 Å². The molecule has 2 aliphatic heterocycles. The molecule has 2 fully saturated rings. The summed E-state index contributed by atoms with van der Waals surface area (Å²) in [5.74, 6) is -1.15. The van der Waals surface area contributed by atoms with Gasteiger partial charge in [0.15, 0.2) is 18.3 Å². The largest absolute Gasteiger partial charge is 0.462 e. The third kappa shape index (κ3) is 16.7. The van der Waals surface area contributed by atoms with Crippen LogP contribution in [0.25, 0.3) is 0 Å². The van der Waals surface area contributed by atoms with Crippen LogP contribution in [0.4, 0.5) is 5.82 Å². The lowest BCUT2D eigenvalue weighted by Gasteiger charge is -2.45. The van der Waals surface area contributed by atoms with E-state index in [1.165, 1.54) is 24.4 Å². The molecule has 1 aromatic rings. The maximum absolute atomic E-state index is 13.0. The van der Waals surface area contributed by atoms with E-state index in [0.29, 0.717) is 6.42 Å². The van der Waals surface area contributed by atoms with Gasteiger partial charge in [0.2, 0.25) is 5.91 Å². The van der Waals surface area contributed by atoms with Crippen molar-refractivity contribution in [3.63, 3.8) is 0 Å². The summed E-state index contributed by atoms with van der Waals surface area (Å²) in [6.45, 7) is 2.68. The van der Waals surface area contributed by atoms with Crippen molar-refractivity contribution >= 4 is 35.4 Å². The number of carbonyl (C=O) groups is 3. The molecule has 0 bridgehead atoms. The molecule has 21 heteroatoms. The Balaban J connectivity index is 1.51. The lowest BCUT2D eigenvalue weighted by Crippen LogP contribution is -2.63. The zero-order chi connectivity index (χ0) is 43.3. The van der Waals surface area contributed by atoms with E-state index >= 15 is 0 Å². The first-order valence-electron chi connectivity index (χ1n) is 20.8. The molecule has 12 atom stereocenters. The number of hydrogen-bond acceptors (Lipinski definition) is 19. The predicted octanol–water partition coefficient (Wildman–Crippen LogP) is 0.0299. The number of carbonyl (C=O) groups excluding carboxylic acids is 3. The lowest BCUT2D eigenvalue weighted by molar-refractivity contribution is -0.347. The molecule has 0 aromatic carbocycles. The molecule has 2 aliphatic rings. The van der Waals surface area contributed by atoms with Crippen LogP contribution in [0, 0.1) is 0 Å². The Hall–Kier alpha value is -2.54. The Labute approximate surface area is 349 Å². The SMILES string of the molecule is CCCCCCCCC(=O)OC[C@H](CSC[C@@H](N)C(=O)Nc1cn([C@@H]2OC(CO)C(OC3OC(CO)C(O)C(O)C3O)C(O)C2O)nn1)OC(=O)CCCCCCCC. The molecule has 340 valence electrons. The zero-order valence-electron chi connectivity index (χ0n) is 34.2. The van der Waals surface area contributed by atoms with Crippen LogP contribution in [0.2, 0.25) is 0 Å². The number of esters is 2. The smallest absolute Gasteiger partial charge is 0.306 e. The number of unbranched alkanes of at least 4 members (excludes halogenated alkanes) is 10. The van der Waals surface area contributed by atoms with Gasteiger partial charge in [-0.1, -0.05) is 83.3 Å². The zero-order valence-corrected chi connectivity index (χ0v) is 35.0. The van der Waals surface area contributed by atoms with E-state index in [2.05, 4.69) is 29.5 Å². The van der Waals surface area contributed by atoms with Crippen molar-refractivity contribution < 1.29 is 73.8 Å². The van der Waals surface area contributed by atoms with Crippen LogP contribution < -0.4 is 11.1 Å². The molecular formula is C38H67N5O15S. The Morgan fingerprint density at radius 1 is 0.797 bits per heavy atom. The topological polar surface area (TPSA) is 308 Å². The fraction of sp³-hybridized carbons (Fsp3) is 0.868. The van der Waals surface area contributed by atoms with E-state index in [9.17, 15) is 50.1 Å². The van der Waals surface area contributed by atoms with Crippen molar-refractivity contribution in [2.75, 3.05) is 36.6 Å². The normalized spacial score (nSPS) is 28.2. The van der Waals surface area contributed by atoms with E-state index in [1.54, 1.807) is 0 Å². The fourth-order valence-electron chi connectivity index (χ4n) is 6.59. The highest BCUT2D eigenvalue weighted by atomic mass is 32.2. The minimum Gasteiger partial charge on any atom is -0.462 e. The number of hydrogen-bond donors (Lipinski definition) is 9. The van der Waals surface area contributed by atoms with Crippen molar-refractivity contribution in [3.8, 4) is 0 Å². The summed E-state index contributed by atoms with van der Waals surface area (Å²) < 4.78 is 28.8. The molecule has 0 radical (unpaired) electrons. The van der Waals surface area contributed by atoms with Gasteiger partial charge in [-0.2, -0.15) is 11.8 Å². The molecule has 3 rings (SSSR count). The average Bonchev–Trinajstić information content (AvgIpc) is 3.69. The number of amides is 1. The van der Waals surface area contributed by atoms with Gasteiger partial charge in [0.05, 0.1) is 25.5 Å². The van der Waals surface area contributed by atoms with Gasteiger partial charge in [0.1, 0.15) is 61.5 Å². The Bertz CT molecular complexity index is 1360. The van der Waals surface area contributed by atoms with Gasteiger partial charge >= 0.3 is 11.9 Å². The second kappa shape index (κ2) is 27.4. The number of thioether (sulfide) groups is 1. The fourth-order valence-corrected chi connectivity index (χ4v) is 7.55. The molecule has 9 unspecified atom stereocenters. The van der Waals surface area contributed by atoms with Crippen LogP contribution in [-0.4, -0.2) is 167 Å². The van der Waals surface area contributed by atoms with Gasteiger partial charge in [-0.25, -0.2) is 4.68 Å². The van der Waals surface area contributed by atoms with Gasteiger partial charge in [-0.15, -0.1) is 5.10 Å². The highest BCUT2D eigenvalue weighted by molar-refractivity contribution is 7.99. The van der Waals surface area contributed by atoms with E-state index in [-0.39, 0.29) is 48.7 Å². The van der Waals surface area contributed by atoms with E-state index in [1.807, 2.05) is 0 Å². The first-order valence-corrected chi connectivity index (χ1v) is 22.0. The van der Waals surface area contributed by atoms with E-state index in [4.69, 9.17) is 29.4 Å². The Morgan fingerprint density at radius 3 is 2.03 bits per heavy atom. The Kier molecular flexibility index (Phi) is 23.6. The second-order valence-electron chi connectivity index (χ2n) is 15.1. The minimum absolute atomic E-state index is 0.0836. The summed E-state index contributed by atoms with van der Waals surface area (Å²) in [5, 5.41) is 82.1. The van der Waals surface area contributed by atoms with E-state index < -0.39 is 92.6 Å². The number of nitrogens with zero attached hydrogens (tertiary/aromatic N) is 3. The molecule has 1 amide bonds. The van der Waals surface area contributed by atoms with Gasteiger partial charge < -0.3 is 70.5 Å². The first kappa shape index (κ1) is 50.8. The standard InChI is InChI=1S/C38H67N5O15S/c1-3-5-7-9-11-13-15-28(46)54-20-23(55-29(47)16-14-12-10-8-6-4-2)21-59-22-24(39)36(53)40-27-17-43(42-41-27)37-33(51)32(50)35(26(19-45)56-37)58-38-34(52)31(49)30(48)25(18-44)57-38/h17,23-26,30-35,37-38,44-45,48-52H,3-16,18-22,39H2,1-2H3,(H,40,53)/t23-,24-,25?,26?,30?,31?,32?,33?,34?,35?,37-,38?/m1/s1. The summed E-state index contributed by atoms with van der Waals surface area (Å²) in [5.41, 5.74) is 6.16. The number of rotatable bonds is 28. The van der Waals surface area contributed by atoms with Crippen molar-refractivity contribution in [1.29, 1.82) is 0 Å². The second-order valence-corrected chi connectivity index (χ2v) is 16.1. The van der Waals surface area contributed by atoms with Crippen molar-refractivity contribution in [3.05, 3.63) is 6.20 Å². The lowest BCUT2D eigenvalue weighted by atomic mass is 9.96. The highest BCUT2D eigenvalue weighted by Gasteiger charge is 2.51. The molecule has 0 saturated carbocycles. The summed E-state index contributed by atoms with van der Waals surface area (Å²) in [4.78, 5) is 38.1. The first-order chi connectivity index (χ1) is 28.3. The number of nitrogens with two attached hydrogens (primary N) is 1. The molecule has 0 aliphatic carbocycles. The quantitative estimate of drug-likeness (QED) is 0.0396. The molecular weight excluding hydrogens is 799 g/mol. The molecule has 10 N–H and O–H groups in total. The summed E-state index contributed by atoms with van der Waals surface area (Å²) in [6.07, 6.45) is -2.88. The number of aromatic nitrogens is 3. The molecule has 1 aromatic heterocycles. The maximum atomic E-state index is 13.0. The van der Waals surface area contributed by atoms with Gasteiger partial charge in [0, 0.05) is 24.3 Å². The average molecular weight is 866 g/mol. The summed E-state index contributed by atoms with van der Waals surface area (Å²) in [7, 11) is 0. The van der Waals surface area contributed by atoms with E-state index in [0.717, 1.165) is 68.9 Å². The van der Waals surface area contributed by atoms with Crippen molar-refractivity contribution in [2.45, 2.75) is 177 Å². The van der Waals surface area contributed by atoms with Crippen LogP contribution in [0.5, 0.6) is 0 Å². The summed E-state index contributed by atoms with van der Waals surface area (Å²) >= 11 is 1.24. The molecule has 59 heavy (non-hydrogen) atoms. The van der Waals surface area contributed by atoms with Gasteiger partial charge in [0.25, 0.3) is 0 Å². The number of aliphatic hydroxyl groups is 7. The number of anilines is 1. The number of ether oxygens (including phenoxy) is 5. The minimum atomic E-state index is -1.82. The van der Waals surface area contributed by atoms with Crippen LogP contribution in [0.1, 0.15) is 110 Å². The van der Waals surface area contributed by atoms with Crippen LogP contribution in [0.3, 0.4) is 0 Å². The number of nitrogens with one attached hydrogen (secondary N) is 1. The van der Waals surface area contributed by atoms with Gasteiger partial charge in [-0.05, 0) is 12.8 Å². The van der Waals surface area contributed by atoms with Crippen LogP contribution >= 0.6 is 11.8 Å². The third-order valence-corrected chi connectivity index (χ3v) is 11.3. The van der Waals surface area contributed by atoms with Crippen LogP contribution in [-0.2, 0) is 38.1 Å². The molecule has 20 nitrogen and oxygen atoms in total. The predicted molar refractivity (Wildman–Crippen MR) is 212 cm³/mol. The maximum Gasteiger partial charge on any atom is 0.306 e. The van der Waals surface area contributed by atoms with Crippen molar-refractivity contribution in [1.82, 2.24) is 15.0 Å². The monoisotopic (exact) mass is 865 g/mol. The molecule has 2 saturated heterocycles. The molecule has 3 heterocycles. The molecule has 0 spiro atoms. The van der Waals surface area contributed by atoms with Crippen LogP contribution in [0.15, 0.2) is 6.20 Å². The highest BCUT2D eigenvalue weighted by Crippen LogP contribution is 2.33.